The van der Waals surface area contributed by atoms with E-state index in [0.717, 1.165) is 19.1 Å². The Kier molecular flexibility index (Phi) is 4.01. The zero-order valence-corrected chi connectivity index (χ0v) is 12.1. The molecule has 0 radical (unpaired) electrons. The summed E-state index contributed by atoms with van der Waals surface area (Å²) in [5, 5.41) is 9.26. The van der Waals surface area contributed by atoms with Gasteiger partial charge in [-0.3, -0.25) is 4.79 Å². The number of hydrogen-bond acceptors (Lipinski definition) is 5. The Balaban J connectivity index is 2.38. The van der Waals surface area contributed by atoms with Crippen LogP contribution in [0.5, 0.6) is 0 Å². The fraction of sp³-hybridized carbons (Fsp3) is 0.462. The molecule has 1 aliphatic heterocycles. The number of carbonyl (C=O) groups excluding carboxylic acids is 1. The van der Waals surface area contributed by atoms with Crippen LogP contribution in [0, 0.1) is 0 Å². The van der Waals surface area contributed by atoms with Gasteiger partial charge in [0.05, 0.1) is 17.5 Å². The molecule has 1 amide bonds. The predicted octanol–water partition coefficient (Wildman–Crippen LogP) is 0.269. The number of benzene rings is 1. The Labute approximate surface area is 118 Å². The lowest BCUT2D eigenvalue weighted by Gasteiger charge is -2.23. The molecular weight excluding hydrogens is 280 g/mol. The lowest BCUT2D eigenvalue weighted by molar-refractivity contribution is 0.0677. The highest BCUT2D eigenvalue weighted by atomic mass is 32.2. The molecule has 0 aromatic heterocycles. The highest BCUT2D eigenvalue weighted by molar-refractivity contribution is 7.90. The molecule has 0 saturated carbocycles. The monoisotopic (exact) mass is 298 g/mol. The Hall–Kier alpha value is -1.60. The van der Waals surface area contributed by atoms with Gasteiger partial charge >= 0.3 is 0 Å². The maximum Gasteiger partial charge on any atom is 0.254 e. The van der Waals surface area contributed by atoms with Crippen molar-refractivity contribution in [3.63, 3.8) is 0 Å². The smallest absolute Gasteiger partial charge is 0.254 e. The average Bonchev–Trinajstić information content (AvgIpc) is 2.84. The van der Waals surface area contributed by atoms with E-state index in [2.05, 4.69) is 0 Å². The van der Waals surface area contributed by atoms with E-state index >= 15 is 0 Å². The number of hydrogen-bond donors (Lipinski definition) is 2. The van der Waals surface area contributed by atoms with E-state index in [1.54, 1.807) is 4.90 Å². The molecule has 0 bridgehead atoms. The van der Waals surface area contributed by atoms with E-state index in [0.29, 0.717) is 6.54 Å². The van der Waals surface area contributed by atoms with Gasteiger partial charge in [-0.15, -0.1) is 0 Å². The summed E-state index contributed by atoms with van der Waals surface area (Å²) >= 11 is 0. The van der Waals surface area contributed by atoms with Crippen LogP contribution < -0.4 is 5.73 Å². The van der Waals surface area contributed by atoms with Gasteiger partial charge in [-0.2, -0.15) is 0 Å². The first-order chi connectivity index (χ1) is 9.32. The van der Waals surface area contributed by atoms with Crippen molar-refractivity contribution in [1.29, 1.82) is 0 Å². The van der Waals surface area contributed by atoms with Crippen molar-refractivity contribution >= 4 is 21.4 Å². The first kappa shape index (κ1) is 14.8. The van der Waals surface area contributed by atoms with E-state index < -0.39 is 9.84 Å². The van der Waals surface area contributed by atoms with Crippen molar-refractivity contribution in [2.75, 3.05) is 25.1 Å². The minimum absolute atomic E-state index is 0.0283. The zero-order valence-electron chi connectivity index (χ0n) is 11.2. The second-order valence-electron chi connectivity index (χ2n) is 5.04. The maximum absolute atomic E-state index is 12.4. The highest BCUT2D eigenvalue weighted by Crippen LogP contribution is 2.23. The summed E-state index contributed by atoms with van der Waals surface area (Å²) < 4.78 is 23.2. The van der Waals surface area contributed by atoms with Crippen LogP contribution in [0.2, 0.25) is 0 Å². The molecule has 1 saturated heterocycles. The van der Waals surface area contributed by atoms with Crippen molar-refractivity contribution in [3.05, 3.63) is 23.8 Å². The summed E-state index contributed by atoms with van der Waals surface area (Å²) in [6.07, 6.45) is 2.66. The topological polar surface area (TPSA) is 101 Å². The fourth-order valence-electron chi connectivity index (χ4n) is 2.42. The normalized spacial score (nSPS) is 19.3. The number of sulfone groups is 1. The number of nitrogens with zero attached hydrogens (tertiary/aromatic N) is 1. The van der Waals surface area contributed by atoms with Crippen LogP contribution in [0.15, 0.2) is 23.1 Å². The summed E-state index contributed by atoms with van der Waals surface area (Å²) in [5.41, 5.74) is 6.15. The molecule has 0 spiro atoms. The molecule has 1 atom stereocenters. The predicted molar refractivity (Wildman–Crippen MR) is 75.1 cm³/mol. The first-order valence-corrected chi connectivity index (χ1v) is 8.24. The highest BCUT2D eigenvalue weighted by Gasteiger charge is 2.29. The van der Waals surface area contributed by atoms with E-state index in [9.17, 15) is 18.3 Å². The minimum atomic E-state index is -3.42. The van der Waals surface area contributed by atoms with Crippen LogP contribution in [-0.2, 0) is 9.84 Å². The molecule has 0 aliphatic carbocycles. The van der Waals surface area contributed by atoms with Crippen molar-refractivity contribution in [1.82, 2.24) is 4.90 Å². The van der Waals surface area contributed by atoms with Crippen LogP contribution in [0.4, 0.5) is 5.69 Å². The zero-order chi connectivity index (χ0) is 14.9. The van der Waals surface area contributed by atoms with Gasteiger partial charge < -0.3 is 15.7 Å². The third-order valence-electron chi connectivity index (χ3n) is 3.45. The van der Waals surface area contributed by atoms with E-state index in [-0.39, 0.29) is 34.7 Å². The van der Waals surface area contributed by atoms with Gasteiger partial charge in [0.15, 0.2) is 9.84 Å². The maximum atomic E-state index is 12.4. The number of nitrogen functional groups attached to an aromatic ring is 1. The number of rotatable bonds is 3. The Morgan fingerprint density at radius 3 is 2.75 bits per heavy atom. The molecule has 1 heterocycles. The lowest BCUT2D eigenvalue weighted by Crippen LogP contribution is -2.37. The molecule has 20 heavy (non-hydrogen) atoms. The number of aliphatic hydroxyl groups excluding tert-OH is 1. The molecule has 6 nitrogen and oxygen atoms in total. The molecule has 0 unspecified atom stereocenters. The van der Waals surface area contributed by atoms with E-state index in [1.165, 1.54) is 18.2 Å². The Morgan fingerprint density at radius 1 is 1.45 bits per heavy atom. The van der Waals surface area contributed by atoms with Gasteiger partial charge in [0, 0.05) is 24.1 Å². The van der Waals surface area contributed by atoms with Crippen LogP contribution in [0.3, 0.4) is 0 Å². The van der Waals surface area contributed by atoms with E-state index in [1.807, 2.05) is 0 Å². The second-order valence-corrected chi connectivity index (χ2v) is 7.06. The van der Waals surface area contributed by atoms with Crippen molar-refractivity contribution in [2.24, 2.45) is 0 Å². The molecule has 1 aliphatic rings. The van der Waals surface area contributed by atoms with Gasteiger partial charge in [0.25, 0.3) is 5.91 Å². The van der Waals surface area contributed by atoms with Crippen molar-refractivity contribution < 1.29 is 18.3 Å². The summed E-state index contributed by atoms with van der Waals surface area (Å²) in [7, 11) is -3.42. The Morgan fingerprint density at radius 2 is 2.15 bits per heavy atom. The quantitative estimate of drug-likeness (QED) is 0.780. The molecular formula is C13H18N2O4S. The van der Waals surface area contributed by atoms with Crippen LogP contribution in [0.1, 0.15) is 23.2 Å². The molecule has 2 rings (SSSR count). The van der Waals surface area contributed by atoms with Crippen LogP contribution in [-0.4, -0.2) is 49.8 Å². The van der Waals surface area contributed by atoms with Gasteiger partial charge in [0.1, 0.15) is 0 Å². The lowest BCUT2D eigenvalue weighted by atomic mass is 10.1. The number of likely N-dealkylation sites (tertiary alicyclic amines) is 1. The molecule has 110 valence electrons. The van der Waals surface area contributed by atoms with Gasteiger partial charge in [-0.05, 0) is 31.0 Å². The van der Waals surface area contributed by atoms with Gasteiger partial charge in [-0.1, -0.05) is 0 Å². The van der Waals surface area contributed by atoms with E-state index in [4.69, 9.17) is 5.73 Å². The largest absolute Gasteiger partial charge is 0.399 e. The second kappa shape index (κ2) is 5.41. The summed E-state index contributed by atoms with van der Waals surface area (Å²) in [5.74, 6) is -0.293. The summed E-state index contributed by atoms with van der Waals surface area (Å²) in [6.45, 7) is 0.472. The van der Waals surface area contributed by atoms with Gasteiger partial charge in [0.2, 0.25) is 0 Å². The third-order valence-corrected chi connectivity index (χ3v) is 4.54. The van der Waals surface area contributed by atoms with Gasteiger partial charge in [-0.25, -0.2) is 8.42 Å². The van der Waals surface area contributed by atoms with Crippen molar-refractivity contribution in [2.45, 2.75) is 23.8 Å². The molecule has 3 N–H and O–H groups in total. The standard InChI is InChI=1S/C13H18N2O4S/c1-20(18,19)12-6-9(5-10(14)7-12)13(17)15-4-2-3-11(15)8-16/h5-7,11,16H,2-4,8,14H2,1H3/t11-/m1/s1. The molecule has 1 fully saturated rings. The average molecular weight is 298 g/mol. The SMILES string of the molecule is CS(=O)(=O)c1cc(N)cc(C(=O)N2CCC[C@@H]2CO)c1. The summed E-state index contributed by atoms with van der Waals surface area (Å²) in [6, 6.07) is 3.93. The molecule has 1 aromatic carbocycles. The summed E-state index contributed by atoms with van der Waals surface area (Å²) in [4.78, 5) is 14.0. The first-order valence-electron chi connectivity index (χ1n) is 6.35. The number of aliphatic hydroxyl groups is 1. The number of anilines is 1. The Bertz CT molecular complexity index is 627. The number of carbonyl (C=O) groups is 1. The molecule has 7 heteroatoms. The van der Waals surface area contributed by atoms with Crippen LogP contribution in [0.25, 0.3) is 0 Å². The molecule has 1 aromatic rings. The van der Waals surface area contributed by atoms with Crippen molar-refractivity contribution in [3.8, 4) is 0 Å². The number of nitrogens with two attached hydrogens (primary N) is 1. The minimum Gasteiger partial charge on any atom is -0.399 e. The third kappa shape index (κ3) is 2.94. The number of amides is 1. The fourth-order valence-corrected chi connectivity index (χ4v) is 3.11. The van der Waals surface area contributed by atoms with Crippen LogP contribution >= 0.6 is 0 Å².